The first-order valence-corrected chi connectivity index (χ1v) is 4.72. The van der Waals surface area contributed by atoms with Crippen molar-refractivity contribution in [2.45, 2.75) is 24.0 Å². The van der Waals surface area contributed by atoms with Gasteiger partial charge in [-0.2, -0.15) is 0 Å². The van der Waals surface area contributed by atoms with E-state index in [1.807, 2.05) is 0 Å². The van der Waals surface area contributed by atoms with Crippen LogP contribution in [0.4, 0.5) is 0 Å². The Kier molecular flexibility index (Phi) is 1.81. The summed E-state index contributed by atoms with van der Waals surface area (Å²) in [7, 11) is -1.21. The molecule has 4 heteroatoms. The largest absolute Gasteiger partial charge is 0.480 e. The van der Waals surface area contributed by atoms with E-state index in [0.29, 0.717) is 12.8 Å². The first-order chi connectivity index (χ1) is 4.59. The third-order valence-corrected chi connectivity index (χ3v) is 3.78. The lowest BCUT2D eigenvalue weighted by Gasteiger charge is -2.34. The van der Waals surface area contributed by atoms with E-state index in [0.717, 1.165) is 6.42 Å². The fraction of sp³-hybridized carbons (Fsp3) is 0.833. The highest BCUT2D eigenvalue weighted by atomic mass is 32.2. The third kappa shape index (κ3) is 0.868. The SMILES string of the molecule is CS(=O)C1(C(=O)O)CCC1. The van der Waals surface area contributed by atoms with Gasteiger partial charge in [0, 0.05) is 17.1 Å². The summed E-state index contributed by atoms with van der Waals surface area (Å²) in [6, 6.07) is 0. The van der Waals surface area contributed by atoms with Crippen molar-refractivity contribution in [2.75, 3.05) is 6.26 Å². The lowest BCUT2D eigenvalue weighted by molar-refractivity contribution is -0.142. The van der Waals surface area contributed by atoms with Crippen LogP contribution in [-0.2, 0) is 15.6 Å². The average molecular weight is 162 g/mol. The van der Waals surface area contributed by atoms with Crippen molar-refractivity contribution in [3.05, 3.63) is 0 Å². The monoisotopic (exact) mass is 162 g/mol. The Morgan fingerprint density at radius 1 is 1.60 bits per heavy atom. The predicted octanol–water partition coefficient (Wildman–Crippen LogP) is 0.372. The van der Waals surface area contributed by atoms with Crippen LogP contribution in [0.2, 0.25) is 0 Å². The van der Waals surface area contributed by atoms with Gasteiger partial charge >= 0.3 is 5.97 Å². The zero-order valence-electron chi connectivity index (χ0n) is 5.79. The van der Waals surface area contributed by atoms with E-state index in [1.165, 1.54) is 6.26 Å². The molecule has 0 aromatic carbocycles. The molecule has 58 valence electrons. The van der Waals surface area contributed by atoms with Crippen LogP contribution in [-0.4, -0.2) is 26.3 Å². The molecule has 1 N–H and O–H groups in total. The minimum Gasteiger partial charge on any atom is -0.480 e. The summed E-state index contributed by atoms with van der Waals surface area (Å²) in [5, 5.41) is 8.66. The van der Waals surface area contributed by atoms with Gasteiger partial charge in [-0.25, -0.2) is 0 Å². The number of aliphatic carboxylic acids is 1. The number of hydrogen-bond acceptors (Lipinski definition) is 2. The minimum atomic E-state index is -1.21. The van der Waals surface area contributed by atoms with Crippen molar-refractivity contribution >= 4 is 16.8 Å². The van der Waals surface area contributed by atoms with E-state index in [1.54, 1.807) is 0 Å². The van der Waals surface area contributed by atoms with Crippen molar-refractivity contribution in [3.8, 4) is 0 Å². The van der Waals surface area contributed by atoms with E-state index < -0.39 is 21.5 Å². The summed E-state index contributed by atoms with van der Waals surface area (Å²) in [6.45, 7) is 0. The molecule has 0 saturated heterocycles. The Labute approximate surface area is 61.9 Å². The number of carboxylic acid groups (broad SMARTS) is 1. The van der Waals surface area contributed by atoms with Crippen molar-refractivity contribution in [2.24, 2.45) is 0 Å². The van der Waals surface area contributed by atoms with Crippen molar-refractivity contribution in [1.82, 2.24) is 0 Å². The highest BCUT2D eigenvalue weighted by Crippen LogP contribution is 2.36. The average Bonchev–Trinajstić information content (AvgIpc) is 1.57. The molecule has 0 amide bonds. The Bertz CT molecular complexity index is 167. The number of carboxylic acids is 1. The van der Waals surface area contributed by atoms with Crippen LogP contribution in [0.5, 0.6) is 0 Å². The van der Waals surface area contributed by atoms with Gasteiger partial charge in [0.1, 0.15) is 4.75 Å². The molecular weight excluding hydrogens is 152 g/mol. The van der Waals surface area contributed by atoms with Gasteiger partial charge in [0.05, 0.1) is 0 Å². The Hall–Kier alpha value is -0.380. The van der Waals surface area contributed by atoms with Crippen LogP contribution >= 0.6 is 0 Å². The van der Waals surface area contributed by atoms with Crippen LogP contribution in [0.25, 0.3) is 0 Å². The zero-order chi connectivity index (χ0) is 7.78. The molecule has 1 atom stereocenters. The van der Waals surface area contributed by atoms with Crippen LogP contribution < -0.4 is 0 Å². The second-order valence-corrected chi connectivity index (χ2v) is 4.30. The van der Waals surface area contributed by atoms with Gasteiger partial charge in [-0.05, 0) is 19.3 Å². The van der Waals surface area contributed by atoms with Gasteiger partial charge in [0.25, 0.3) is 0 Å². The first-order valence-electron chi connectivity index (χ1n) is 3.16. The van der Waals surface area contributed by atoms with Gasteiger partial charge in [-0.3, -0.25) is 9.00 Å². The van der Waals surface area contributed by atoms with E-state index in [-0.39, 0.29) is 0 Å². The maximum absolute atomic E-state index is 10.9. The van der Waals surface area contributed by atoms with Crippen molar-refractivity contribution < 1.29 is 14.1 Å². The molecule has 0 heterocycles. The maximum Gasteiger partial charge on any atom is 0.322 e. The Morgan fingerprint density at radius 2 is 2.10 bits per heavy atom. The zero-order valence-corrected chi connectivity index (χ0v) is 6.61. The molecule has 0 aromatic rings. The molecule has 1 aliphatic carbocycles. The summed E-state index contributed by atoms with van der Waals surface area (Å²) >= 11 is 0. The Morgan fingerprint density at radius 3 is 2.10 bits per heavy atom. The summed E-state index contributed by atoms with van der Waals surface area (Å²) < 4.78 is 10.0. The van der Waals surface area contributed by atoms with Crippen molar-refractivity contribution in [3.63, 3.8) is 0 Å². The predicted molar refractivity (Wildman–Crippen MR) is 38.3 cm³/mol. The number of rotatable bonds is 2. The van der Waals surface area contributed by atoms with Crippen LogP contribution in [0.1, 0.15) is 19.3 Å². The third-order valence-electron chi connectivity index (χ3n) is 2.10. The molecule has 0 spiro atoms. The summed E-state index contributed by atoms with van der Waals surface area (Å²) in [4.78, 5) is 10.6. The molecule has 10 heavy (non-hydrogen) atoms. The molecule has 1 rings (SSSR count). The van der Waals surface area contributed by atoms with E-state index in [4.69, 9.17) is 5.11 Å². The molecule has 0 bridgehead atoms. The van der Waals surface area contributed by atoms with Crippen LogP contribution in [0.3, 0.4) is 0 Å². The fourth-order valence-electron chi connectivity index (χ4n) is 1.12. The first kappa shape index (κ1) is 7.72. The van der Waals surface area contributed by atoms with E-state index in [2.05, 4.69) is 0 Å². The molecule has 1 unspecified atom stereocenters. The van der Waals surface area contributed by atoms with Crippen LogP contribution in [0, 0.1) is 0 Å². The minimum absolute atomic E-state index is 0.575. The number of hydrogen-bond donors (Lipinski definition) is 1. The molecule has 0 aromatic heterocycles. The summed E-state index contributed by atoms with van der Waals surface area (Å²) in [5.74, 6) is -0.903. The molecule has 0 radical (unpaired) electrons. The van der Waals surface area contributed by atoms with Gasteiger partial charge in [0.15, 0.2) is 0 Å². The Balaban J connectivity index is 2.78. The van der Waals surface area contributed by atoms with E-state index >= 15 is 0 Å². The van der Waals surface area contributed by atoms with Gasteiger partial charge < -0.3 is 5.11 Å². The van der Waals surface area contributed by atoms with Crippen molar-refractivity contribution in [1.29, 1.82) is 0 Å². The maximum atomic E-state index is 10.9. The van der Waals surface area contributed by atoms with Crippen LogP contribution in [0.15, 0.2) is 0 Å². The molecule has 1 aliphatic rings. The topological polar surface area (TPSA) is 54.4 Å². The van der Waals surface area contributed by atoms with Gasteiger partial charge in [-0.15, -0.1) is 0 Å². The molecule has 1 fully saturated rings. The second kappa shape index (κ2) is 2.34. The van der Waals surface area contributed by atoms with Gasteiger partial charge in [0.2, 0.25) is 0 Å². The standard InChI is InChI=1S/C6H10O3S/c1-10(9)6(5(7)8)3-2-4-6/h2-4H2,1H3,(H,7,8). The highest BCUT2D eigenvalue weighted by Gasteiger charge is 2.48. The lowest BCUT2D eigenvalue weighted by Crippen LogP contribution is -2.48. The summed E-state index contributed by atoms with van der Waals surface area (Å²) in [6.07, 6.45) is 3.51. The molecule has 1 saturated carbocycles. The number of carbonyl (C=O) groups is 1. The normalized spacial score (nSPS) is 24.9. The summed E-state index contributed by atoms with van der Waals surface area (Å²) in [5.41, 5.74) is 0. The van der Waals surface area contributed by atoms with Gasteiger partial charge in [-0.1, -0.05) is 0 Å². The molecule has 0 aliphatic heterocycles. The quantitative estimate of drug-likeness (QED) is 0.638. The highest BCUT2D eigenvalue weighted by molar-refractivity contribution is 7.86. The second-order valence-electron chi connectivity index (χ2n) is 2.61. The van der Waals surface area contributed by atoms with E-state index in [9.17, 15) is 9.00 Å². The fourth-order valence-corrected chi connectivity index (χ4v) is 2.23. The smallest absolute Gasteiger partial charge is 0.322 e. The molecule has 3 nitrogen and oxygen atoms in total. The molecular formula is C6H10O3S. The lowest BCUT2D eigenvalue weighted by atomic mass is 9.84.